The van der Waals surface area contributed by atoms with Crippen LogP contribution in [0.15, 0.2) is 48.2 Å². The third-order valence-electron chi connectivity index (χ3n) is 9.00. The van der Waals surface area contributed by atoms with Crippen molar-refractivity contribution in [2.24, 2.45) is 5.92 Å². The molecule has 8 nitrogen and oxygen atoms in total. The van der Waals surface area contributed by atoms with Crippen LogP contribution in [0.25, 0.3) is 0 Å². The highest BCUT2D eigenvalue weighted by Gasteiger charge is 2.68. The number of fused-ring (bicyclic) bond motifs is 4. The van der Waals surface area contributed by atoms with Crippen LogP contribution in [-0.2, 0) is 16.1 Å². The largest absolute Gasteiger partial charge is 0.524 e. The predicted octanol–water partition coefficient (Wildman–Crippen LogP) is 3.84. The van der Waals surface area contributed by atoms with Gasteiger partial charge in [0.15, 0.2) is 5.70 Å². The third-order valence-corrected chi connectivity index (χ3v) is 9.00. The summed E-state index contributed by atoms with van der Waals surface area (Å²) >= 11 is 0. The van der Waals surface area contributed by atoms with Gasteiger partial charge < -0.3 is 14.7 Å². The fourth-order valence-corrected chi connectivity index (χ4v) is 7.15. The summed E-state index contributed by atoms with van der Waals surface area (Å²) in [6.45, 7) is 3.25. The summed E-state index contributed by atoms with van der Waals surface area (Å²) in [6, 6.07) is 6.06. The summed E-state index contributed by atoms with van der Waals surface area (Å²) in [5.74, 6) is -3.20. The normalized spacial score (nSPS) is 36.6. The molecule has 0 aromatic heterocycles. The van der Waals surface area contributed by atoms with Gasteiger partial charge in [0.1, 0.15) is 18.6 Å². The maximum absolute atomic E-state index is 16.1. The van der Waals surface area contributed by atoms with Crippen molar-refractivity contribution >= 4 is 18.0 Å². The number of aliphatic carboxylic acids is 1. The fourth-order valence-electron chi connectivity index (χ4n) is 7.15. The van der Waals surface area contributed by atoms with Crippen molar-refractivity contribution in [3.05, 3.63) is 59.3 Å². The van der Waals surface area contributed by atoms with E-state index in [0.29, 0.717) is 30.8 Å². The molecule has 2 amide bonds. The van der Waals surface area contributed by atoms with Gasteiger partial charge in [-0.25, -0.2) is 4.79 Å². The van der Waals surface area contributed by atoms with Crippen molar-refractivity contribution < 1.29 is 33.1 Å². The van der Waals surface area contributed by atoms with Gasteiger partial charge in [-0.1, -0.05) is 24.3 Å². The number of carbonyl (C=O) groups is 3. The molecule has 5 aliphatic heterocycles. The number of allylic oxidation sites excluding steroid dienone is 2. The van der Waals surface area contributed by atoms with Gasteiger partial charge in [0.25, 0.3) is 5.91 Å². The molecule has 7 rings (SSSR count). The Morgan fingerprint density at radius 3 is 2.70 bits per heavy atom. The standard InChI is InChI=1S/C28H32FN3O5/c29-28-12-3-1-9-24(28)32(27(36)37-28,23-17-30-14-10-20(23)11-15-30)18-19-6-5-7-21(16-19)25(33)31-13-4-2-8-22(31)26(34)35/h1,3,5-7,9,16,20,22-23H,2,4,8,10-15,17-18H2/p+1/t22-,23-,28?,32?/m0/s1. The number of carboxylic acid groups (broad SMARTS) is 1. The number of alkyl halides is 1. The first-order valence-corrected chi connectivity index (χ1v) is 13.3. The molecule has 2 unspecified atom stereocenters. The van der Waals surface area contributed by atoms with E-state index in [1.54, 1.807) is 36.4 Å². The van der Waals surface area contributed by atoms with Gasteiger partial charge >= 0.3 is 17.9 Å². The highest BCUT2D eigenvalue weighted by Crippen LogP contribution is 2.51. The Balaban J connectivity index is 1.37. The Kier molecular flexibility index (Phi) is 5.95. The Hall–Kier alpha value is -3.04. The highest BCUT2D eigenvalue weighted by molar-refractivity contribution is 5.96. The van der Waals surface area contributed by atoms with Gasteiger partial charge in [0, 0.05) is 36.1 Å². The molecule has 0 saturated carbocycles. The first-order valence-electron chi connectivity index (χ1n) is 13.3. The minimum Gasteiger partial charge on any atom is -0.480 e. The summed E-state index contributed by atoms with van der Waals surface area (Å²) in [5, 5.41) is 9.64. The number of benzene rings is 1. The van der Waals surface area contributed by atoms with Crippen LogP contribution in [0.4, 0.5) is 9.18 Å². The average molecular weight is 511 g/mol. The highest BCUT2D eigenvalue weighted by atomic mass is 19.2. The number of hydrogen-bond donors (Lipinski definition) is 1. The monoisotopic (exact) mass is 510 g/mol. The van der Waals surface area contributed by atoms with Crippen LogP contribution in [0.1, 0.15) is 54.4 Å². The number of halogens is 1. The number of hydrogen-bond acceptors (Lipinski definition) is 5. The van der Waals surface area contributed by atoms with E-state index in [2.05, 4.69) is 4.90 Å². The zero-order valence-corrected chi connectivity index (χ0v) is 20.9. The zero-order chi connectivity index (χ0) is 25.8. The van der Waals surface area contributed by atoms with Crippen LogP contribution in [0.3, 0.4) is 0 Å². The molecule has 37 heavy (non-hydrogen) atoms. The number of amides is 2. The van der Waals surface area contributed by atoms with Gasteiger partial charge in [-0.3, -0.25) is 9.69 Å². The zero-order valence-electron chi connectivity index (χ0n) is 20.9. The van der Waals surface area contributed by atoms with Crippen molar-refractivity contribution in [2.75, 3.05) is 26.2 Å². The molecule has 0 spiro atoms. The second-order valence-corrected chi connectivity index (χ2v) is 11.1. The predicted molar refractivity (Wildman–Crippen MR) is 132 cm³/mol. The molecule has 2 bridgehead atoms. The first-order chi connectivity index (χ1) is 17.8. The van der Waals surface area contributed by atoms with Crippen molar-refractivity contribution in [1.82, 2.24) is 9.80 Å². The number of ether oxygens (including phenoxy) is 1. The van der Waals surface area contributed by atoms with Crippen LogP contribution >= 0.6 is 0 Å². The molecule has 1 aromatic carbocycles. The quantitative estimate of drug-likeness (QED) is 0.606. The van der Waals surface area contributed by atoms with Crippen LogP contribution in [0.5, 0.6) is 0 Å². The van der Waals surface area contributed by atoms with Crippen LogP contribution in [0, 0.1) is 5.92 Å². The van der Waals surface area contributed by atoms with Crippen molar-refractivity contribution in [3.63, 3.8) is 0 Å². The van der Waals surface area contributed by atoms with E-state index < -0.39 is 24.0 Å². The Labute approximate surface area is 215 Å². The molecule has 5 fully saturated rings. The molecule has 9 heteroatoms. The van der Waals surface area contributed by atoms with E-state index in [1.165, 1.54) is 4.90 Å². The van der Waals surface area contributed by atoms with E-state index in [1.807, 2.05) is 6.07 Å². The van der Waals surface area contributed by atoms with Gasteiger partial charge in [0.2, 0.25) is 0 Å². The summed E-state index contributed by atoms with van der Waals surface area (Å²) in [6.07, 6.45) is 8.51. The average Bonchev–Trinajstić information content (AvgIpc) is 3.15. The van der Waals surface area contributed by atoms with Crippen LogP contribution < -0.4 is 0 Å². The van der Waals surface area contributed by atoms with Crippen molar-refractivity contribution in [3.8, 4) is 0 Å². The van der Waals surface area contributed by atoms with E-state index in [9.17, 15) is 19.5 Å². The SMILES string of the molecule is O=C(O)[C@@H]1CCCCN1C(=O)c1cccc(C[N+]2([C@H]3CN4CCC3CC4)C(=O)OC3(F)CC=CC=C32)c1. The minimum atomic E-state index is -2.16. The molecule has 5 heterocycles. The lowest BCUT2D eigenvalue weighted by molar-refractivity contribution is -0.857. The lowest BCUT2D eigenvalue weighted by Crippen LogP contribution is -2.66. The molecule has 0 radical (unpaired) electrons. The first kappa shape index (κ1) is 24.3. The Morgan fingerprint density at radius 2 is 1.97 bits per heavy atom. The molecular weight excluding hydrogens is 477 g/mol. The van der Waals surface area contributed by atoms with Crippen molar-refractivity contribution in [1.29, 1.82) is 0 Å². The smallest absolute Gasteiger partial charge is 0.480 e. The molecule has 6 aliphatic rings. The maximum atomic E-state index is 16.1. The summed E-state index contributed by atoms with van der Waals surface area (Å²) in [5.41, 5.74) is 1.45. The number of carboxylic acids is 1. The van der Waals surface area contributed by atoms with Crippen LogP contribution in [0.2, 0.25) is 0 Å². The van der Waals surface area contributed by atoms with E-state index in [-0.39, 0.29) is 35.3 Å². The van der Waals surface area contributed by atoms with Gasteiger partial charge in [-0.05, 0) is 57.3 Å². The number of likely N-dealkylation sites (tertiary alicyclic amines) is 1. The molecule has 1 aliphatic carbocycles. The Morgan fingerprint density at radius 1 is 1.16 bits per heavy atom. The van der Waals surface area contributed by atoms with E-state index >= 15 is 4.39 Å². The van der Waals surface area contributed by atoms with Crippen molar-refractivity contribution in [2.45, 2.75) is 63.0 Å². The second kappa shape index (κ2) is 9.06. The minimum absolute atomic E-state index is 0.00423. The summed E-state index contributed by atoms with van der Waals surface area (Å²) in [4.78, 5) is 42.7. The van der Waals surface area contributed by atoms with Gasteiger partial charge in [-0.2, -0.15) is 13.7 Å². The third kappa shape index (κ3) is 3.90. The number of rotatable bonds is 5. The lowest BCUT2D eigenvalue weighted by atomic mass is 9.80. The number of quaternary nitrogens is 1. The molecule has 1 N–H and O–H groups in total. The lowest BCUT2D eigenvalue weighted by Gasteiger charge is -2.50. The summed E-state index contributed by atoms with van der Waals surface area (Å²) in [7, 11) is 0. The molecule has 196 valence electrons. The second-order valence-electron chi connectivity index (χ2n) is 11.1. The molecule has 5 saturated heterocycles. The van der Waals surface area contributed by atoms with Gasteiger partial charge in [0.05, 0.1) is 6.54 Å². The molecular formula is C28H33FN3O5+. The van der Waals surface area contributed by atoms with Gasteiger partial charge in [-0.15, -0.1) is 0 Å². The summed E-state index contributed by atoms with van der Waals surface area (Å²) < 4.78 is 21.3. The maximum Gasteiger partial charge on any atom is 0.524 e. The van der Waals surface area contributed by atoms with E-state index in [4.69, 9.17) is 4.74 Å². The topological polar surface area (TPSA) is 87.2 Å². The van der Waals surface area contributed by atoms with Crippen LogP contribution in [-0.4, -0.2) is 81.5 Å². The number of carbonyl (C=O) groups excluding carboxylic acids is 2. The number of nitrogens with zero attached hydrogens (tertiary/aromatic N) is 3. The van der Waals surface area contributed by atoms with E-state index in [0.717, 1.165) is 44.3 Å². The fraction of sp³-hybridized carbons (Fsp3) is 0.536. The molecule has 4 atom stereocenters. The molecule has 1 aromatic rings. The Bertz CT molecular complexity index is 1190. The number of piperidine rings is 4.